The van der Waals surface area contributed by atoms with Gasteiger partial charge in [-0.3, -0.25) is 4.79 Å². The van der Waals surface area contributed by atoms with Gasteiger partial charge in [0.05, 0.1) is 19.0 Å². The summed E-state index contributed by atoms with van der Waals surface area (Å²) in [6.07, 6.45) is 1.48. The maximum atomic E-state index is 12.1. The summed E-state index contributed by atoms with van der Waals surface area (Å²) in [5.41, 5.74) is 4.83. The van der Waals surface area contributed by atoms with Crippen molar-refractivity contribution in [1.29, 1.82) is 0 Å². The molecule has 0 saturated carbocycles. The van der Waals surface area contributed by atoms with Crippen LogP contribution in [-0.4, -0.2) is 30.8 Å². The van der Waals surface area contributed by atoms with Gasteiger partial charge in [0.25, 0.3) is 5.91 Å². The van der Waals surface area contributed by atoms with E-state index in [1.807, 2.05) is 66.7 Å². The first-order chi connectivity index (χ1) is 16.2. The van der Waals surface area contributed by atoms with Gasteiger partial charge in [0.15, 0.2) is 18.1 Å². The molecule has 0 radical (unpaired) electrons. The summed E-state index contributed by atoms with van der Waals surface area (Å²) in [5.74, 6) is 1.32. The van der Waals surface area contributed by atoms with E-state index in [4.69, 9.17) is 14.2 Å². The molecule has 0 spiro atoms. The maximum absolute atomic E-state index is 12.1. The molecule has 1 aromatic heterocycles. The predicted molar refractivity (Wildman–Crippen MR) is 127 cm³/mol. The first kappa shape index (κ1) is 21.8. The first-order valence-electron chi connectivity index (χ1n) is 10.4. The highest BCUT2D eigenvalue weighted by atomic mass is 16.5. The smallest absolute Gasteiger partial charge is 0.277 e. The lowest BCUT2D eigenvalue weighted by Crippen LogP contribution is -2.24. The molecule has 0 fully saturated rings. The lowest BCUT2D eigenvalue weighted by molar-refractivity contribution is -0.123. The molecule has 7 nitrogen and oxygen atoms in total. The number of pyridine rings is 1. The van der Waals surface area contributed by atoms with Crippen LogP contribution in [0.2, 0.25) is 0 Å². The Morgan fingerprint density at radius 2 is 1.64 bits per heavy atom. The third-order valence-electron chi connectivity index (χ3n) is 4.76. The summed E-state index contributed by atoms with van der Waals surface area (Å²) < 4.78 is 16.7. The lowest BCUT2D eigenvalue weighted by atomic mass is 10.2. The van der Waals surface area contributed by atoms with Crippen molar-refractivity contribution in [2.24, 2.45) is 5.10 Å². The molecule has 0 saturated heterocycles. The van der Waals surface area contributed by atoms with Gasteiger partial charge >= 0.3 is 0 Å². The monoisotopic (exact) mass is 441 g/mol. The van der Waals surface area contributed by atoms with Crippen LogP contribution < -0.4 is 19.6 Å². The molecule has 1 N–H and O–H groups in total. The predicted octanol–water partition coefficient (Wildman–Crippen LogP) is 4.35. The number of carbonyl (C=O) groups excluding carboxylic acids is 1. The van der Waals surface area contributed by atoms with Crippen molar-refractivity contribution in [3.63, 3.8) is 0 Å². The van der Waals surface area contributed by atoms with Gasteiger partial charge in [-0.15, -0.1) is 0 Å². The normalized spacial score (nSPS) is 10.8. The Bertz CT molecular complexity index is 1260. The Morgan fingerprint density at radius 3 is 2.45 bits per heavy atom. The van der Waals surface area contributed by atoms with Crippen molar-refractivity contribution >= 4 is 23.0 Å². The molecule has 3 aromatic carbocycles. The number of para-hydroxylation sites is 3. The number of rotatable bonds is 9. The lowest BCUT2D eigenvalue weighted by Gasteiger charge is -2.09. The quantitative estimate of drug-likeness (QED) is 0.308. The van der Waals surface area contributed by atoms with Gasteiger partial charge in [-0.1, -0.05) is 60.7 Å². The highest BCUT2D eigenvalue weighted by Crippen LogP contribution is 2.26. The molecule has 4 aromatic rings. The molecule has 1 amide bonds. The van der Waals surface area contributed by atoms with Gasteiger partial charge in [-0.2, -0.15) is 5.10 Å². The van der Waals surface area contributed by atoms with E-state index >= 15 is 0 Å². The fourth-order valence-corrected chi connectivity index (χ4v) is 3.14. The maximum Gasteiger partial charge on any atom is 0.277 e. The van der Waals surface area contributed by atoms with Crippen molar-refractivity contribution < 1.29 is 19.0 Å². The molecule has 0 aliphatic heterocycles. The first-order valence-corrected chi connectivity index (χ1v) is 10.4. The third kappa shape index (κ3) is 5.86. The molecule has 1 heterocycles. The zero-order valence-corrected chi connectivity index (χ0v) is 18.1. The highest BCUT2D eigenvalue weighted by Gasteiger charge is 2.07. The second-order valence-electron chi connectivity index (χ2n) is 7.07. The number of methoxy groups -OCH3 is 1. The van der Waals surface area contributed by atoms with Crippen LogP contribution in [0.5, 0.6) is 17.2 Å². The molecule has 4 rings (SSSR count). The Hall–Kier alpha value is -4.39. The zero-order valence-electron chi connectivity index (χ0n) is 18.1. The standard InChI is InChI=1S/C26H23N3O4/c1-31-22-11-5-6-12-23(22)33-18-25(30)29-27-16-21-15-14-20-10-7-13-24(26(20)28-21)32-17-19-8-3-2-4-9-19/h2-16H,17-18H2,1H3,(H,29,30)/b27-16-. The Morgan fingerprint density at radius 1 is 0.879 bits per heavy atom. The number of amides is 1. The van der Waals surface area contributed by atoms with Crippen molar-refractivity contribution in [3.8, 4) is 17.2 Å². The topological polar surface area (TPSA) is 82.0 Å². The van der Waals surface area contributed by atoms with E-state index in [-0.39, 0.29) is 6.61 Å². The van der Waals surface area contributed by atoms with Gasteiger partial charge in [0, 0.05) is 5.39 Å². The van der Waals surface area contributed by atoms with E-state index in [0.717, 1.165) is 16.5 Å². The summed E-state index contributed by atoms with van der Waals surface area (Å²) in [6, 6.07) is 26.6. The molecule has 0 aliphatic rings. The molecule has 0 atom stereocenters. The van der Waals surface area contributed by atoms with Crippen LogP contribution in [-0.2, 0) is 11.4 Å². The number of hydrogen-bond acceptors (Lipinski definition) is 6. The summed E-state index contributed by atoms with van der Waals surface area (Å²) in [4.78, 5) is 16.7. The van der Waals surface area contributed by atoms with Crippen LogP contribution in [0.1, 0.15) is 11.3 Å². The van der Waals surface area contributed by atoms with Crippen molar-refractivity contribution in [3.05, 3.63) is 96.2 Å². The highest BCUT2D eigenvalue weighted by molar-refractivity contribution is 5.89. The number of aromatic nitrogens is 1. The van der Waals surface area contributed by atoms with Crippen LogP contribution in [0, 0.1) is 0 Å². The van der Waals surface area contributed by atoms with Gasteiger partial charge in [0.1, 0.15) is 17.9 Å². The average molecular weight is 441 g/mol. The van der Waals surface area contributed by atoms with Gasteiger partial charge < -0.3 is 14.2 Å². The minimum absolute atomic E-state index is 0.194. The molecule has 33 heavy (non-hydrogen) atoms. The minimum Gasteiger partial charge on any atom is -0.493 e. The molecule has 0 unspecified atom stereocenters. The van der Waals surface area contributed by atoms with Crippen molar-refractivity contribution in [2.45, 2.75) is 6.61 Å². The Balaban J connectivity index is 1.38. The zero-order chi connectivity index (χ0) is 22.9. The molecular formula is C26H23N3O4. The Kier molecular flexibility index (Phi) is 7.12. The third-order valence-corrected chi connectivity index (χ3v) is 4.76. The second kappa shape index (κ2) is 10.8. The summed E-state index contributed by atoms with van der Waals surface area (Å²) in [6.45, 7) is 0.253. The number of fused-ring (bicyclic) bond motifs is 1. The average Bonchev–Trinajstić information content (AvgIpc) is 2.87. The summed E-state index contributed by atoms with van der Waals surface area (Å²) >= 11 is 0. The fraction of sp³-hybridized carbons (Fsp3) is 0.115. The molecule has 166 valence electrons. The SMILES string of the molecule is COc1ccccc1OCC(=O)N/N=C\c1ccc2cccc(OCc3ccccc3)c2n1. The largest absolute Gasteiger partial charge is 0.493 e. The molecule has 7 heteroatoms. The van der Waals surface area contributed by atoms with E-state index < -0.39 is 5.91 Å². The van der Waals surface area contributed by atoms with Crippen LogP contribution in [0.15, 0.2) is 90.0 Å². The minimum atomic E-state index is -0.398. The number of nitrogens with one attached hydrogen (secondary N) is 1. The number of benzene rings is 3. The van der Waals surface area contributed by atoms with E-state index in [2.05, 4.69) is 15.5 Å². The number of ether oxygens (including phenoxy) is 3. The molecular weight excluding hydrogens is 418 g/mol. The van der Waals surface area contributed by atoms with Gasteiger partial charge in [-0.05, 0) is 29.8 Å². The van der Waals surface area contributed by atoms with Crippen molar-refractivity contribution in [2.75, 3.05) is 13.7 Å². The van der Waals surface area contributed by atoms with Crippen LogP contribution >= 0.6 is 0 Å². The van der Waals surface area contributed by atoms with E-state index in [9.17, 15) is 4.79 Å². The van der Waals surface area contributed by atoms with Crippen molar-refractivity contribution in [1.82, 2.24) is 10.4 Å². The number of hydrazone groups is 1. The number of hydrogen-bond donors (Lipinski definition) is 1. The Labute approximate surface area is 191 Å². The summed E-state index contributed by atoms with van der Waals surface area (Å²) in [5, 5.41) is 4.94. The number of carbonyl (C=O) groups is 1. The van der Waals surface area contributed by atoms with E-state index in [0.29, 0.717) is 29.5 Å². The van der Waals surface area contributed by atoms with Gasteiger partial charge in [0.2, 0.25) is 0 Å². The van der Waals surface area contributed by atoms with Crippen LogP contribution in [0.25, 0.3) is 10.9 Å². The fourth-order valence-electron chi connectivity index (χ4n) is 3.14. The van der Waals surface area contributed by atoms with E-state index in [1.54, 1.807) is 25.3 Å². The van der Waals surface area contributed by atoms with Crippen LogP contribution in [0.4, 0.5) is 0 Å². The number of nitrogens with zero attached hydrogens (tertiary/aromatic N) is 2. The second-order valence-corrected chi connectivity index (χ2v) is 7.07. The van der Waals surface area contributed by atoms with E-state index in [1.165, 1.54) is 6.21 Å². The summed E-state index contributed by atoms with van der Waals surface area (Å²) in [7, 11) is 1.54. The van der Waals surface area contributed by atoms with Crippen LogP contribution in [0.3, 0.4) is 0 Å². The molecule has 0 aliphatic carbocycles. The van der Waals surface area contributed by atoms with Gasteiger partial charge in [-0.25, -0.2) is 10.4 Å². The molecule has 0 bridgehead atoms.